The molecule has 4 heteroatoms. The van der Waals surface area contributed by atoms with Gasteiger partial charge >= 0.3 is 0 Å². The minimum atomic E-state index is 0.0503. The smallest absolute Gasteiger partial charge is 0.119 e. The molecular formula is C23H32N2O2. The van der Waals surface area contributed by atoms with E-state index in [-0.39, 0.29) is 6.61 Å². The lowest BCUT2D eigenvalue weighted by molar-refractivity contribution is 0.112. The van der Waals surface area contributed by atoms with E-state index in [1.54, 1.807) is 0 Å². The van der Waals surface area contributed by atoms with Gasteiger partial charge in [0.2, 0.25) is 0 Å². The van der Waals surface area contributed by atoms with E-state index in [4.69, 9.17) is 9.84 Å². The second kappa shape index (κ2) is 10.5. The van der Waals surface area contributed by atoms with E-state index >= 15 is 0 Å². The van der Waals surface area contributed by atoms with Crippen molar-refractivity contribution in [2.45, 2.75) is 31.8 Å². The van der Waals surface area contributed by atoms with Crippen molar-refractivity contribution in [3.05, 3.63) is 65.7 Å². The van der Waals surface area contributed by atoms with Gasteiger partial charge in [-0.25, -0.2) is 0 Å². The molecule has 2 aromatic rings. The van der Waals surface area contributed by atoms with Crippen LogP contribution in [-0.4, -0.2) is 60.8 Å². The fourth-order valence-electron chi connectivity index (χ4n) is 3.78. The summed E-state index contributed by atoms with van der Waals surface area (Å²) in [6.07, 6.45) is 3.66. The Morgan fingerprint density at radius 1 is 1.07 bits per heavy atom. The van der Waals surface area contributed by atoms with E-state index in [0.29, 0.717) is 12.6 Å². The third kappa shape index (κ3) is 6.35. The van der Waals surface area contributed by atoms with Crippen molar-refractivity contribution in [1.82, 2.24) is 9.80 Å². The second-order valence-electron chi connectivity index (χ2n) is 7.46. The summed E-state index contributed by atoms with van der Waals surface area (Å²) in [5.74, 6) is 0.824. The normalized spacial score (nSPS) is 18.0. The van der Waals surface area contributed by atoms with Gasteiger partial charge in [-0.05, 0) is 56.1 Å². The maximum Gasteiger partial charge on any atom is 0.119 e. The van der Waals surface area contributed by atoms with Crippen LogP contribution in [0, 0.1) is 0 Å². The number of likely N-dealkylation sites (N-methyl/N-ethyl adjacent to an activating group) is 1. The summed E-state index contributed by atoms with van der Waals surface area (Å²) < 4.78 is 5.44. The van der Waals surface area contributed by atoms with Gasteiger partial charge in [0, 0.05) is 25.7 Å². The molecule has 27 heavy (non-hydrogen) atoms. The lowest BCUT2D eigenvalue weighted by atomic mass is 10.0. The molecule has 1 aliphatic heterocycles. The molecule has 3 rings (SSSR count). The number of nitrogens with zero attached hydrogens (tertiary/aromatic N) is 2. The lowest BCUT2D eigenvalue weighted by Crippen LogP contribution is -2.46. The number of piperidine rings is 1. The Labute approximate surface area is 163 Å². The Bertz CT molecular complexity index is 660. The van der Waals surface area contributed by atoms with Crippen LogP contribution in [0.3, 0.4) is 0 Å². The summed E-state index contributed by atoms with van der Waals surface area (Å²) >= 11 is 0. The fourth-order valence-corrected chi connectivity index (χ4v) is 3.78. The van der Waals surface area contributed by atoms with Crippen molar-refractivity contribution in [2.24, 2.45) is 0 Å². The van der Waals surface area contributed by atoms with E-state index < -0.39 is 0 Å². The molecule has 0 saturated carbocycles. The molecule has 1 heterocycles. The van der Waals surface area contributed by atoms with Gasteiger partial charge in [-0.2, -0.15) is 0 Å². The van der Waals surface area contributed by atoms with Crippen molar-refractivity contribution in [2.75, 3.05) is 39.9 Å². The molecule has 0 aromatic heterocycles. The molecule has 1 atom stereocenters. The van der Waals surface area contributed by atoms with Crippen LogP contribution >= 0.6 is 0 Å². The molecule has 1 N–H and O–H groups in total. The Morgan fingerprint density at radius 3 is 2.59 bits per heavy atom. The quantitative estimate of drug-likeness (QED) is 0.737. The summed E-state index contributed by atoms with van der Waals surface area (Å²) in [5.41, 5.74) is 2.74. The van der Waals surface area contributed by atoms with Crippen molar-refractivity contribution in [1.29, 1.82) is 0 Å². The van der Waals surface area contributed by atoms with Crippen LogP contribution in [0.5, 0.6) is 5.75 Å². The third-order valence-corrected chi connectivity index (χ3v) is 5.39. The average Bonchev–Trinajstić information content (AvgIpc) is 2.72. The highest BCUT2D eigenvalue weighted by Gasteiger charge is 2.23. The maximum absolute atomic E-state index is 8.84. The molecule has 146 valence electrons. The minimum absolute atomic E-state index is 0.0503. The van der Waals surface area contributed by atoms with Gasteiger partial charge in [-0.3, -0.25) is 4.90 Å². The lowest BCUT2D eigenvalue weighted by Gasteiger charge is -2.37. The van der Waals surface area contributed by atoms with E-state index in [1.165, 1.54) is 30.5 Å². The van der Waals surface area contributed by atoms with Crippen molar-refractivity contribution >= 4 is 0 Å². The number of likely N-dealkylation sites (tertiary alicyclic amines) is 1. The van der Waals surface area contributed by atoms with Crippen LogP contribution in [0.1, 0.15) is 24.0 Å². The van der Waals surface area contributed by atoms with E-state index in [2.05, 4.69) is 59.3 Å². The number of benzene rings is 2. The third-order valence-electron chi connectivity index (χ3n) is 5.39. The Balaban J connectivity index is 1.47. The highest BCUT2D eigenvalue weighted by Crippen LogP contribution is 2.19. The summed E-state index contributed by atoms with van der Waals surface area (Å²) in [7, 11) is 2.27. The summed E-state index contributed by atoms with van der Waals surface area (Å²) in [5, 5.41) is 8.84. The SMILES string of the molecule is CN(CCc1ccccc1)C1CCCN(Cc2ccc(OCCO)cc2)C1. The van der Waals surface area contributed by atoms with Gasteiger partial charge in [0.15, 0.2) is 0 Å². The predicted molar refractivity (Wildman–Crippen MR) is 110 cm³/mol. The number of aliphatic hydroxyl groups excluding tert-OH is 1. The highest BCUT2D eigenvalue weighted by atomic mass is 16.5. The molecule has 2 aromatic carbocycles. The Morgan fingerprint density at radius 2 is 1.85 bits per heavy atom. The van der Waals surface area contributed by atoms with E-state index in [9.17, 15) is 0 Å². The van der Waals surface area contributed by atoms with Crippen LogP contribution in [0.25, 0.3) is 0 Å². The fraction of sp³-hybridized carbons (Fsp3) is 0.478. The number of hydrogen-bond donors (Lipinski definition) is 1. The van der Waals surface area contributed by atoms with Gasteiger partial charge in [0.05, 0.1) is 6.61 Å². The van der Waals surface area contributed by atoms with E-state index in [1.807, 2.05) is 12.1 Å². The number of ether oxygens (including phenoxy) is 1. The zero-order valence-electron chi connectivity index (χ0n) is 16.4. The van der Waals surface area contributed by atoms with Gasteiger partial charge in [-0.1, -0.05) is 42.5 Å². The van der Waals surface area contributed by atoms with Crippen molar-refractivity contribution < 1.29 is 9.84 Å². The van der Waals surface area contributed by atoms with Crippen LogP contribution in [0.2, 0.25) is 0 Å². The monoisotopic (exact) mass is 368 g/mol. The molecule has 0 aliphatic carbocycles. The van der Waals surface area contributed by atoms with Crippen LogP contribution in [0.4, 0.5) is 0 Å². The molecule has 0 radical (unpaired) electrons. The standard InChI is InChI=1S/C23H32N2O2/c1-24(15-13-20-6-3-2-4-7-20)22-8-5-14-25(19-22)18-21-9-11-23(12-10-21)27-17-16-26/h2-4,6-7,9-12,22,26H,5,8,13-19H2,1H3. The predicted octanol–water partition coefficient (Wildman–Crippen LogP) is 3.20. The molecule has 1 unspecified atom stereocenters. The first-order valence-corrected chi connectivity index (χ1v) is 10.0. The molecule has 0 spiro atoms. The Hall–Kier alpha value is -1.88. The molecule has 0 bridgehead atoms. The molecule has 1 aliphatic rings. The first kappa shape index (κ1) is 19.9. The molecule has 1 fully saturated rings. The molecule has 4 nitrogen and oxygen atoms in total. The first-order valence-electron chi connectivity index (χ1n) is 10.0. The van der Waals surface area contributed by atoms with E-state index in [0.717, 1.165) is 31.8 Å². The molecule has 1 saturated heterocycles. The zero-order chi connectivity index (χ0) is 18.9. The average molecular weight is 369 g/mol. The van der Waals surface area contributed by atoms with Gasteiger partial charge < -0.3 is 14.7 Å². The topological polar surface area (TPSA) is 35.9 Å². The number of hydrogen-bond acceptors (Lipinski definition) is 4. The molecular weight excluding hydrogens is 336 g/mol. The number of aliphatic hydroxyl groups is 1. The maximum atomic E-state index is 8.84. The summed E-state index contributed by atoms with van der Waals surface area (Å²) in [6, 6.07) is 19.7. The molecule has 0 amide bonds. The summed E-state index contributed by atoms with van der Waals surface area (Å²) in [4.78, 5) is 5.10. The van der Waals surface area contributed by atoms with Gasteiger partial charge in [0.25, 0.3) is 0 Å². The van der Waals surface area contributed by atoms with Crippen molar-refractivity contribution in [3.63, 3.8) is 0 Å². The zero-order valence-corrected chi connectivity index (χ0v) is 16.4. The van der Waals surface area contributed by atoms with Crippen molar-refractivity contribution in [3.8, 4) is 5.75 Å². The van der Waals surface area contributed by atoms with Gasteiger partial charge in [0.1, 0.15) is 12.4 Å². The largest absolute Gasteiger partial charge is 0.491 e. The first-order chi connectivity index (χ1) is 13.2. The second-order valence-corrected chi connectivity index (χ2v) is 7.46. The highest BCUT2D eigenvalue weighted by molar-refractivity contribution is 5.27. The van der Waals surface area contributed by atoms with Gasteiger partial charge in [-0.15, -0.1) is 0 Å². The van der Waals surface area contributed by atoms with Crippen LogP contribution < -0.4 is 4.74 Å². The minimum Gasteiger partial charge on any atom is -0.491 e. The van der Waals surface area contributed by atoms with Crippen LogP contribution in [-0.2, 0) is 13.0 Å². The Kier molecular flexibility index (Phi) is 7.69. The van der Waals surface area contributed by atoms with Crippen LogP contribution in [0.15, 0.2) is 54.6 Å². The summed E-state index contributed by atoms with van der Waals surface area (Å²) in [6.45, 7) is 4.81. The number of rotatable bonds is 9.